The van der Waals surface area contributed by atoms with Crippen LogP contribution in [0.2, 0.25) is 0 Å². The lowest BCUT2D eigenvalue weighted by molar-refractivity contribution is -0.565. The van der Waals surface area contributed by atoms with Crippen LogP contribution in [0.4, 0.5) is 0 Å². The lowest BCUT2D eigenvalue weighted by Gasteiger charge is -1.94. The molecule has 0 aliphatic rings. The molecule has 94 valence electrons. The van der Waals surface area contributed by atoms with Gasteiger partial charge in [-0.2, -0.15) is 4.57 Å². The van der Waals surface area contributed by atoms with Crippen molar-refractivity contribution in [3.63, 3.8) is 0 Å². The fourth-order valence-electron chi connectivity index (χ4n) is 1.98. The van der Waals surface area contributed by atoms with Crippen LogP contribution in [0, 0.1) is 0 Å². The molecule has 3 aromatic rings. The Labute approximate surface area is 123 Å². The van der Waals surface area contributed by atoms with Crippen LogP contribution >= 0.6 is 0 Å². The van der Waals surface area contributed by atoms with Gasteiger partial charge in [0.2, 0.25) is 0 Å². The van der Waals surface area contributed by atoms with E-state index in [1.165, 1.54) is 16.3 Å². The predicted molar refractivity (Wildman–Crippen MR) is 75.8 cm³/mol. The number of rotatable bonds is 2. The monoisotopic (exact) mass is 311 g/mol. The normalized spacial score (nSPS) is 10.5. The van der Waals surface area contributed by atoms with Gasteiger partial charge in [0.1, 0.15) is 0 Å². The third kappa shape index (κ3) is 3.30. The van der Waals surface area contributed by atoms with Gasteiger partial charge in [-0.15, -0.1) is 0 Å². The molecule has 0 bridgehead atoms. The number of pyridine rings is 1. The average Bonchev–Trinajstić information content (AvgIpc) is 2.46. The number of benzene rings is 2. The number of aromatic nitrogens is 1. The smallest absolute Gasteiger partial charge is 0.182 e. The van der Waals surface area contributed by atoms with E-state index in [9.17, 15) is 0 Å². The van der Waals surface area contributed by atoms with Crippen molar-refractivity contribution in [3.8, 4) is 0 Å². The van der Waals surface area contributed by atoms with Crippen molar-refractivity contribution in [2.75, 3.05) is 0 Å². The van der Waals surface area contributed by atoms with Crippen LogP contribution in [-0.4, -0.2) is 0 Å². The van der Waals surface area contributed by atoms with Crippen LogP contribution in [0.3, 0.4) is 0 Å². The van der Waals surface area contributed by atoms with Crippen LogP contribution in [0.25, 0.3) is 23.0 Å². The highest BCUT2D eigenvalue weighted by Crippen LogP contribution is 2.09. The van der Waals surface area contributed by atoms with E-state index >= 15 is 0 Å². The summed E-state index contributed by atoms with van der Waals surface area (Å²) >= 11 is 0. The third-order valence-corrected chi connectivity index (χ3v) is 2.95. The van der Waals surface area contributed by atoms with Crippen molar-refractivity contribution >= 4 is 23.0 Å². The summed E-state index contributed by atoms with van der Waals surface area (Å²) in [5, 5.41) is 2.51. The summed E-state index contributed by atoms with van der Waals surface area (Å²) in [4.78, 5) is 0. The summed E-state index contributed by atoms with van der Waals surface area (Å²) in [6, 6.07) is 20.8. The van der Waals surface area contributed by atoms with E-state index in [0.29, 0.717) is 0 Å². The van der Waals surface area contributed by atoms with E-state index in [0.717, 1.165) is 0 Å². The predicted octanol–water partition coefficient (Wildman–Crippen LogP) is 0.759. The van der Waals surface area contributed by atoms with Gasteiger partial charge >= 0.3 is 0 Å². The topological polar surface area (TPSA) is 3.88 Å². The molecule has 0 saturated carbocycles. The van der Waals surface area contributed by atoms with Crippen LogP contribution in [0.15, 0.2) is 73.1 Å². The fourth-order valence-corrected chi connectivity index (χ4v) is 1.98. The zero-order valence-electron chi connectivity index (χ0n) is 10.4. The maximum Gasteiger partial charge on any atom is 0.182 e. The van der Waals surface area contributed by atoms with Crippen LogP contribution < -0.4 is 21.5 Å². The molecule has 1 heterocycles. The first-order valence-corrected chi connectivity index (χ1v) is 6.05. The Hall–Kier alpha value is -1.93. The van der Waals surface area contributed by atoms with Crippen LogP contribution in [0.5, 0.6) is 0 Å². The van der Waals surface area contributed by atoms with Crippen molar-refractivity contribution in [1.82, 2.24) is 0 Å². The van der Waals surface area contributed by atoms with Gasteiger partial charge in [0.15, 0.2) is 18.6 Å². The van der Waals surface area contributed by atoms with E-state index in [-0.39, 0.29) is 17.0 Å². The number of fused-ring (bicyclic) bond motifs is 1. The molecule has 0 aliphatic carbocycles. The zero-order valence-corrected chi connectivity index (χ0v) is 12.0. The Bertz CT molecular complexity index is 690. The number of hydrogen-bond acceptors (Lipinski definition) is 0. The highest BCUT2D eigenvalue weighted by Gasteiger charge is 1.98. The fraction of sp³-hybridized carbons (Fsp3) is 0. The Balaban J connectivity index is 0.00000133. The van der Waals surface area contributed by atoms with Gasteiger partial charge in [0, 0.05) is 17.5 Å². The average molecular weight is 312 g/mol. The first kappa shape index (κ1) is 13.5. The number of halogens is 1. The van der Waals surface area contributed by atoms with Gasteiger partial charge in [-0.3, -0.25) is 0 Å². The molecule has 19 heavy (non-hydrogen) atoms. The standard InChI is InChI=1S/C17H14N.BrH/c1-2-6-15(7-3-1)10-12-18-13-11-16-8-4-5-9-17(16)14-18;/h1-14H;1H/q+1;/p-1. The van der Waals surface area contributed by atoms with Crippen molar-refractivity contribution < 1.29 is 21.5 Å². The molecule has 1 aromatic heterocycles. The van der Waals surface area contributed by atoms with E-state index < -0.39 is 0 Å². The van der Waals surface area contributed by atoms with Crippen molar-refractivity contribution in [3.05, 3.63) is 78.6 Å². The molecule has 2 aromatic carbocycles. The molecule has 0 atom stereocenters. The van der Waals surface area contributed by atoms with Crippen LogP contribution in [0.1, 0.15) is 5.56 Å². The van der Waals surface area contributed by atoms with Gasteiger partial charge in [0.05, 0.1) is 0 Å². The summed E-state index contributed by atoms with van der Waals surface area (Å²) < 4.78 is 2.08. The number of nitrogens with zero attached hydrogens (tertiary/aromatic N) is 1. The second-order valence-corrected chi connectivity index (χ2v) is 4.25. The summed E-state index contributed by atoms with van der Waals surface area (Å²) in [7, 11) is 0. The summed E-state index contributed by atoms with van der Waals surface area (Å²) in [6.07, 6.45) is 8.38. The maximum absolute atomic E-state index is 2.13. The summed E-state index contributed by atoms with van der Waals surface area (Å²) in [5.41, 5.74) is 1.21. The van der Waals surface area contributed by atoms with Crippen molar-refractivity contribution in [2.45, 2.75) is 0 Å². The van der Waals surface area contributed by atoms with E-state index in [2.05, 4.69) is 71.7 Å². The Morgan fingerprint density at radius 2 is 1.42 bits per heavy atom. The summed E-state index contributed by atoms with van der Waals surface area (Å²) in [5.74, 6) is 0. The molecular formula is C17H14BrN. The van der Waals surface area contributed by atoms with Crippen molar-refractivity contribution in [2.24, 2.45) is 0 Å². The Morgan fingerprint density at radius 1 is 0.737 bits per heavy atom. The van der Waals surface area contributed by atoms with Gasteiger partial charge in [-0.05, 0) is 17.0 Å². The number of hydrogen-bond donors (Lipinski definition) is 0. The second kappa shape index (κ2) is 6.30. The third-order valence-electron chi connectivity index (χ3n) is 2.95. The lowest BCUT2D eigenvalue weighted by Crippen LogP contribution is -3.00. The SMILES string of the molecule is C(=C[n+]1ccc2ccccc2c1)c1ccccc1.[Br-]. The molecule has 2 heteroatoms. The first-order valence-electron chi connectivity index (χ1n) is 6.05. The lowest BCUT2D eigenvalue weighted by atomic mass is 10.2. The highest BCUT2D eigenvalue weighted by molar-refractivity contribution is 5.80. The molecule has 0 unspecified atom stereocenters. The molecular weight excluding hydrogens is 298 g/mol. The Kier molecular flexibility index (Phi) is 4.48. The van der Waals surface area contributed by atoms with E-state index in [4.69, 9.17) is 0 Å². The molecule has 0 amide bonds. The molecule has 1 nitrogen and oxygen atoms in total. The van der Waals surface area contributed by atoms with Gasteiger partial charge in [0.25, 0.3) is 0 Å². The van der Waals surface area contributed by atoms with Gasteiger partial charge in [-0.25, -0.2) is 0 Å². The van der Waals surface area contributed by atoms with E-state index in [1.807, 2.05) is 18.2 Å². The molecule has 3 rings (SSSR count). The first-order chi connectivity index (χ1) is 8.92. The molecule has 0 aliphatic heterocycles. The Morgan fingerprint density at radius 3 is 2.21 bits per heavy atom. The zero-order chi connectivity index (χ0) is 12.2. The molecule has 0 saturated heterocycles. The highest BCUT2D eigenvalue weighted by atomic mass is 79.9. The summed E-state index contributed by atoms with van der Waals surface area (Å²) in [6.45, 7) is 0. The second-order valence-electron chi connectivity index (χ2n) is 4.25. The van der Waals surface area contributed by atoms with Crippen LogP contribution in [-0.2, 0) is 0 Å². The molecule has 0 fully saturated rings. The van der Waals surface area contributed by atoms with Gasteiger partial charge < -0.3 is 17.0 Å². The minimum atomic E-state index is 0. The minimum absolute atomic E-state index is 0. The largest absolute Gasteiger partial charge is 1.00 e. The van der Waals surface area contributed by atoms with Crippen molar-refractivity contribution in [1.29, 1.82) is 0 Å². The quantitative estimate of drug-likeness (QED) is 0.615. The minimum Gasteiger partial charge on any atom is -1.00 e. The van der Waals surface area contributed by atoms with E-state index in [1.54, 1.807) is 0 Å². The molecule has 0 spiro atoms. The molecule has 0 N–H and O–H groups in total. The maximum atomic E-state index is 2.13. The molecule has 0 radical (unpaired) electrons. The van der Waals surface area contributed by atoms with Gasteiger partial charge in [-0.1, -0.05) is 48.5 Å².